The van der Waals surface area contributed by atoms with Crippen molar-refractivity contribution in [1.82, 2.24) is 0 Å². The predicted octanol–water partition coefficient (Wildman–Crippen LogP) is 3.17. The quantitative estimate of drug-likeness (QED) is 0.342. The second-order valence-corrected chi connectivity index (χ2v) is 5.43. The predicted molar refractivity (Wildman–Crippen MR) is 94.5 cm³/mol. The first-order valence-electron chi connectivity index (χ1n) is 7.74. The van der Waals surface area contributed by atoms with Crippen molar-refractivity contribution in [1.29, 1.82) is 0 Å². The van der Waals surface area contributed by atoms with E-state index in [0.29, 0.717) is 0 Å². The molecule has 30 heavy (non-hydrogen) atoms. The Hall–Kier alpha value is -4.69. The number of carbonyl (C=O) groups excluding carboxylic acids is 1. The molecule has 0 saturated carbocycles. The molecule has 15 nitrogen and oxygen atoms in total. The van der Waals surface area contributed by atoms with Crippen molar-refractivity contribution in [3.8, 4) is 0 Å². The van der Waals surface area contributed by atoms with Crippen LogP contribution in [0.1, 0.15) is 11.1 Å². The van der Waals surface area contributed by atoms with Gasteiger partial charge in [0.25, 0.3) is 0 Å². The third-order valence-electron chi connectivity index (χ3n) is 3.65. The molecule has 0 fully saturated rings. The molecule has 0 bridgehead atoms. The number of hydrogen-bond acceptors (Lipinski definition) is 11. The number of carbonyl (C=O) groups is 1. The molecular weight excluding hydrogens is 412 g/mol. The molecule has 0 radical (unpaired) electrons. The fraction of sp³-hybridized carbons (Fsp3) is 0.133. The Morgan fingerprint density at radius 1 is 0.667 bits per heavy atom. The zero-order chi connectivity index (χ0) is 22.4. The van der Waals surface area contributed by atoms with E-state index < -0.39 is 61.8 Å². The van der Waals surface area contributed by atoms with Crippen LogP contribution in [0, 0.1) is 40.5 Å². The Balaban J connectivity index is 2.13. The first kappa shape index (κ1) is 21.6. The lowest BCUT2D eigenvalue weighted by Crippen LogP contribution is -2.10. The Kier molecular flexibility index (Phi) is 6.48. The standard InChI is InChI=1S/C15H10N4O11/c20-15(29-7-9-3-1-5-11(16(21)22)13(9)18(25)26)30-8-10-4-2-6-12(17(23)24)14(10)19(27)28/h1-6H,7-8H2. The fourth-order valence-electron chi connectivity index (χ4n) is 2.42. The van der Waals surface area contributed by atoms with Crippen LogP contribution in [0.15, 0.2) is 36.4 Å². The second-order valence-electron chi connectivity index (χ2n) is 5.43. The molecule has 0 unspecified atom stereocenters. The van der Waals surface area contributed by atoms with E-state index >= 15 is 0 Å². The van der Waals surface area contributed by atoms with Gasteiger partial charge in [-0.3, -0.25) is 40.5 Å². The highest BCUT2D eigenvalue weighted by molar-refractivity contribution is 5.63. The number of nitro groups is 4. The zero-order valence-electron chi connectivity index (χ0n) is 14.7. The minimum absolute atomic E-state index is 0.285. The van der Waals surface area contributed by atoms with Gasteiger partial charge in [-0.2, -0.15) is 0 Å². The van der Waals surface area contributed by atoms with Crippen molar-refractivity contribution in [3.05, 3.63) is 88.0 Å². The topological polar surface area (TPSA) is 208 Å². The molecular formula is C15H10N4O11. The number of rotatable bonds is 8. The van der Waals surface area contributed by atoms with Crippen LogP contribution >= 0.6 is 0 Å². The Morgan fingerprint density at radius 2 is 1.03 bits per heavy atom. The van der Waals surface area contributed by atoms with Crippen molar-refractivity contribution >= 4 is 28.9 Å². The summed E-state index contributed by atoms with van der Waals surface area (Å²) in [4.78, 5) is 51.8. The number of benzene rings is 2. The SMILES string of the molecule is O=C(OCc1cccc([N+](=O)[O-])c1[N+](=O)[O-])OCc1cccc([N+](=O)[O-])c1[N+](=O)[O-]. The Bertz CT molecular complexity index is 971. The smallest absolute Gasteiger partial charge is 0.429 e. The fourth-order valence-corrected chi connectivity index (χ4v) is 2.42. The Morgan fingerprint density at radius 3 is 1.33 bits per heavy atom. The van der Waals surface area contributed by atoms with Crippen LogP contribution in [-0.4, -0.2) is 25.8 Å². The van der Waals surface area contributed by atoms with Crippen molar-refractivity contribution in [2.45, 2.75) is 13.2 Å². The van der Waals surface area contributed by atoms with Gasteiger partial charge >= 0.3 is 28.9 Å². The van der Waals surface area contributed by atoms with Crippen LogP contribution in [-0.2, 0) is 22.7 Å². The molecule has 0 N–H and O–H groups in total. The van der Waals surface area contributed by atoms with Crippen molar-refractivity contribution in [3.63, 3.8) is 0 Å². The van der Waals surface area contributed by atoms with E-state index in [-0.39, 0.29) is 11.1 Å². The van der Waals surface area contributed by atoms with E-state index in [2.05, 4.69) is 9.47 Å². The summed E-state index contributed by atoms with van der Waals surface area (Å²) in [5.74, 6) is 0. The summed E-state index contributed by atoms with van der Waals surface area (Å²) >= 11 is 0. The van der Waals surface area contributed by atoms with Gasteiger partial charge in [-0.25, -0.2) is 4.79 Å². The third-order valence-corrected chi connectivity index (χ3v) is 3.65. The van der Waals surface area contributed by atoms with Crippen LogP contribution in [0.25, 0.3) is 0 Å². The van der Waals surface area contributed by atoms with E-state index in [1.54, 1.807) is 0 Å². The summed E-state index contributed by atoms with van der Waals surface area (Å²) < 4.78 is 9.32. The lowest BCUT2D eigenvalue weighted by atomic mass is 10.1. The number of para-hydroxylation sites is 2. The van der Waals surface area contributed by atoms with E-state index in [0.717, 1.165) is 36.4 Å². The summed E-state index contributed by atoms with van der Waals surface area (Å²) in [6.07, 6.45) is -1.41. The average Bonchev–Trinajstić information content (AvgIpc) is 2.69. The summed E-state index contributed by atoms with van der Waals surface area (Å²) in [5.41, 5.74) is -3.92. The first-order valence-corrected chi connectivity index (χ1v) is 7.74. The largest absolute Gasteiger partial charge is 0.508 e. The summed E-state index contributed by atoms with van der Waals surface area (Å²) in [5, 5.41) is 44.0. The van der Waals surface area contributed by atoms with E-state index in [1.807, 2.05) is 0 Å². The molecule has 2 rings (SSSR count). The van der Waals surface area contributed by atoms with E-state index in [9.17, 15) is 45.3 Å². The maximum Gasteiger partial charge on any atom is 0.508 e. The lowest BCUT2D eigenvalue weighted by molar-refractivity contribution is -0.423. The molecule has 0 amide bonds. The number of nitrogens with zero attached hydrogens (tertiary/aromatic N) is 4. The van der Waals surface area contributed by atoms with Gasteiger partial charge in [-0.15, -0.1) is 0 Å². The Labute approximate surface area is 165 Å². The highest BCUT2D eigenvalue weighted by Crippen LogP contribution is 2.32. The third kappa shape index (κ3) is 4.77. The van der Waals surface area contributed by atoms with Gasteiger partial charge in [0.15, 0.2) is 0 Å². The average molecular weight is 422 g/mol. The maximum absolute atomic E-state index is 11.7. The molecule has 0 saturated heterocycles. The van der Waals surface area contributed by atoms with Crippen LogP contribution in [0.4, 0.5) is 27.5 Å². The van der Waals surface area contributed by atoms with Crippen LogP contribution < -0.4 is 0 Å². The second kappa shape index (κ2) is 9.00. The molecule has 15 heteroatoms. The van der Waals surface area contributed by atoms with Crippen molar-refractivity contribution in [2.75, 3.05) is 0 Å². The normalized spacial score (nSPS) is 10.1. The van der Waals surface area contributed by atoms with E-state index in [1.165, 1.54) is 0 Å². The summed E-state index contributed by atoms with van der Waals surface area (Å²) in [6, 6.07) is 6.37. The highest BCUT2D eigenvalue weighted by Gasteiger charge is 2.30. The lowest BCUT2D eigenvalue weighted by Gasteiger charge is -2.07. The van der Waals surface area contributed by atoms with Crippen LogP contribution in [0.5, 0.6) is 0 Å². The van der Waals surface area contributed by atoms with Crippen molar-refractivity contribution in [2.24, 2.45) is 0 Å². The van der Waals surface area contributed by atoms with Gasteiger partial charge < -0.3 is 9.47 Å². The zero-order valence-corrected chi connectivity index (χ0v) is 14.7. The van der Waals surface area contributed by atoms with E-state index in [4.69, 9.17) is 0 Å². The molecule has 0 aromatic heterocycles. The minimum Gasteiger partial charge on any atom is -0.429 e. The van der Waals surface area contributed by atoms with Gasteiger partial charge in [0.05, 0.1) is 30.8 Å². The molecule has 2 aromatic carbocycles. The molecule has 0 atom stereocenters. The molecule has 0 spiro atoms. The molecule has 2 aromatic rings. The monoisotopic (exact) mass is 422 g/mol. The summed E-state index contributed by atoms with van der Waals surface area (Å²) in [7, 11) is 0. The van der Waals surface area contributed by atoms with Gasteiger partial charge in [-0.05, 0) is 12.1 Å². The molecule has 0 aliphatic heterocycles. The highest BCUT2D eigenvalue weighted by atomic mass is 16.7. The first-order chi connectivity index (χ1) is 14.1. The summed E-state index contributed by atoms with van der Waals surface area (Å²) in [6.45, 7) is -1.51. The maximum atomic E-state index is 11.7. The van der Waals surface area contributed by atoms with Gasteiger partial charge in [0.2, 0.25) is 0 Å². The minimum atomic E-state index is -1.41. The molecule has 156 valence electrons. The van der Waals surface area contributed by atoms with Crippen LogP contribution in [0.3, 0.4) is 0 Å². The van der Waals surface area contributed by atoms with Crippen LogP contribution in [0.2, 0.25) is 0 Å². The molecule has 0 aliphatic rings. The van der Waals surface area contributed by atoms with Gasteiger partial charge in [0.1, 0.15) is 13.2 Å². The number of ether oxygens (including phenoxy) is 2. The molecule has 0 aliphatic carbocycles. The number of nitro benzene ring substituents is 4. The van der Waals surface area contributed by atoms with Crippen molar-refractivity contribution < 1.29 is 34.0 Å². The van der Waals surface area contributed by atoms with Gasteiger partial charge in [0, 0.05) is 12.1 Å². The number of hydrogen-bond donors (Lipinski definition) is 0. The van der Waals surface area contributed by atoms with Gasteiger partial charge in [-0.1, -0.05) is 12.1 Å². The molecule has 0 heterocycles.